The van der Waals surface area contributed by atoms with E-state index in [-0.39, 0.29) is 5.41 Å². The fraction of sp³-hybridized carbons (Fsp3) is 0.588. The molecule has 4 N–H and O–H groups in total. The van der Waals surface area contributed by atoms with E-state index in [4.69, 9.17) is 10.9 Å². The van der Waals surface area contributed by atoms with Gasteiger partial charge in [0, 0.05) is 17.6 Å². The molecule has 0 unspecified atom stereocenters. The van der Waals surface area contributed by atoms with Crippen LogP contribution in [0, 0.1) is 5.41 Å². The molecule has 118 valence electrons. The molecule has 0 heterocycles. The van der Waals surface area contributed by atoms with Crippen LogP contribution in [-0.4, -0.2) is 17.6 Å². The average Bonchev–Trinajstić information content (AvgIpc) is 2.50. The largest absolute Gasteiger partial charge is 0.409 e. The monoisotopic (exact) mass is 291 g/mol. The van der Waals surface area contributed by atoms with Gasteiger partial charge in [-0.1, -0.05) is 51.0 Å². The van der Waals surface area contributed by atoms with Crippen molar-refractivity contribution in [3.05, 3.63) is 29.3 Å². The van der Waals surface area contributed by atoms with Gasteiger partial charge in [-0.05, 0) is 36.8 Å². The number of hydrogen-bond donors (Lipinski definition) is 3. The molecule has 4 heteroatoms. The Morgan fingerprint density at radius 2 is 1.81 bits per heavy atom. The minimum atomic E-state index is -0.270. The lowest BCUT2D eigenvalue weighted by Crippen LogP contribution is -2.32. The number of oxime groups is 1. The Morgan fingerprint density at radius 1 is 1.24 bits per heavy atom. The van der Waals surface area contributed by atoms with Gasteiger partial charge >= 0.3 is 0 Å². The summed E-state index contributed by atoms with van der Waals surface area (Å²) in [5.74, 6) is 0.297. The van der Waals surface area contributed by atoms with E-state index < -0.39 is 0 Å². The first-order valence-corrected chi connectivity index (χ1v) is 7.78. The van der Waals surface area contributed by atoms with Crippen LogP contribution in [0.5, 0.6) is 0 Å². The van der Waals surface area contributed by atoms with E-state index in [9.17, 15) is 0 Å². The molecule has 0 radical (unpaired) electrons. The molecule has 4 nitrogen and oxygen atoms in total. The molecule has 0 spiro atoms. The Morgan fingerprint density at radius 3 is 2.29 bits per heavy atom. The molecule has 0 saturated carbocycles. The molecule has 0 bridgehead atoms. The van der Waals surface area contributed by atoms with Crippen molar-refractivity contribution in [3.8, 4) is 0 Å². The molecule has 0 amide bonds. The lowest BCUT2D eigenvalue weighted by molar-refractivity contribution is 0.305. The Kier molecular flexibility index (Phi) is 6.53. The highest BCUT2D eigenvalue weighted by atomic mass is 16.4. The standard InChI is InChI=1S/C17H29N3O/c1-5-13-9-7-10-14(6-2)15(13)19-12-8-11-17(3,4)16(18)20-21/h7,9-10,19,21H,5-6,8,11-12H2,1-4H3,(H2,18,20). The first kappa shape index (κ1) is 17.3. The lowest BCUT2D eigenvalue weighted by atomic mass is 9.86. The van der Waals surface area contributed by atoms with Crippen molar-refractivity contribution in [3.63, 3.8) is 0 Å². The van der Waals surface area contributed by atoms with Crippen LogP contribution in [0.2, 0.25) is 0 Å². The van der Waals surface area contributed by atoms with Crippen molar-refractivity contribution in [2.24, 2.45) is 16.3 Å². The van der Waals surface area contributed by atoms with Gasteiger partial charge in [-0.15, -0.1) is 0 Å². The summed E-state index contributed by atoms with van der Waals surface area (Å²) in [6.45, 7) is 9.26. The SMILES string of the molecule is CCc1cccc(CC)c1NCCCC(C)(C)C(N)=NO. The maximum atomic E-state index is 8.79. The third-order valence-corrected chi connectivity index (χ3v) is 4.08. The summed E-state index contributed by atoms with van der Waals surface area (Å²) in [7, 11) is 0. The van der Waals surface area contributed by atoms with Crippen LogP contribution in [-0.2, 0) is 12.8 Å². The minimum absolute atomic E-state index is 0.270. The van der Waals surface area contributed by atoms with Crippen molar-refractivity contribution in [1.29, 1.82) is 0 Å². The predicted octanol–water partition coefficient (Wildman–Crippen LogP) is 3.78. The normalized spacial score (nSPS) is 12.5. The fourth-order valence-corrected chi connectivity index (χ4v) is 2.48. The van der Waals surface area contributed by atoms with Crippen LogP contribution in [0.3, 0.4) is 0 Å². The lowest BCUT2D eigenvalue weighted by Gasteiger charge is -2.23. The number of nitrogens with zero attached hydrogens (tertiary/aromatic N) is 1. The van der Waals surface area contributed by atoms with Gasteiger partial charge in [-0.25, -0.2) is 0 Å². The number of aryl methyl sites for hydroxylation is 2. The van der Waals surface area contributed by atoms with Crippen molar-refractivity contribution in [1.82, 2.24) is 0 Å². The van der Waals surface area contributed by atoms with Crippen LogP contribution in [0.4, 0.5) is 5.69 Å². The molecular weight excluding hydrogens is 262 g/mol. The second kappa shape index (κ2) is 7.91. The molecule has 1 aromatic rings. The van der Waals surface area contributed by atoms with Gasteiger partial charge in [0.1, 0.15) is 5.84 Å². The summed E-state index contributed by atoms with van der Waals surface area (Å²) in [6.07, 6.45) is 3.92. The smallest absolute Gasteiger partial charge is 0.144 e. The number of benzene rings is 1. The first-order valence-electron chi connectivity index (χ1n) is 7.78. The number of hydrogen-bond acceptors (Lipinski definition) is 3. The van der Waals surface area contributed by atoms with Gasteiger partial charge < -0.3 is 16.3 Å². The summed E-state index contributed by atoms with van der Waals surface area (Å²) in [5.41, 5.74) is 9.46. The summed E-state index contributed by atoms with van der Waals surface area (Å²) < 4.78 is 0. The van der Waals surface area contributed by atoms with Gasteiger partial charge in [0.15, 0.2) is 0 Å². The second-order valence-electron chi connectivity index (χ2n) is 6.06. The maximum Gasteiger partial charge on any atom is 0.144 e. The van der Waals surface area contributed by atoms with Gasteiger partial charge in [0.05, 0.1) is 0 Å². The first-order chi connectivity index (χ1) is 9.96. The Hall–Kier alpha value is -1.71. The molecule has 0 aliphatic carbocycles. The fourth-order valence-electron chi connectivity index (χ4n) is 2.48. The van der Waals surface area contributed by atoms with E-state index in [1.807, 2.05) is 13.8 Å². The van der Waals surface area contributed by atoms with E-state index in [2.05, 4.69) is 42.5 Å². The third kappa shape index (κ3) is 4.66. The number of nitrogens with two attached hydrogens (primary N) is 1. The van der Waals surface area contributed by atoms with E-state index in [0.29, 0.717) is 5.84 Å². The number of amidine groups is 1. The molecule has 0 fully saturated rings. The zero-order valence-corrected chi connectivity index (χ0v) is 13.7. The molecule has 0 aromatic heterocycles. The Balaban J connectivity index is 2.61. The Labute approximate surface area is 128 Å². The van der Waals surface area contributed by atoms with E-state index in [0.717, 1.165) is 32.2 Å². The van der Waals surface area contributed by atoms with Crippen LogP contribution < -0.4 is 11.1 Å². The van der Waals surface area contributed by atoms with Gasteiger partial charge in [0.2, 0.25) is 0 Å². The quantitative estimate of drug-likeness (QED) is 0.224. The van der Waals surface area contributed by atoms with E-state index >= 15 is 0 Å². The summed E-state index contributed by atoms with van der Waals surface area (Å²) in [6, 6.07) is 6.49. The van der Waals surface area contributed by atoms with Crippen molar-refractivity contribution < 1.29 is 5.21 Å². The molecule has 1 rings (SSSR count). The predicted molar refractivity (Wildman–Crippen MR) is 90.1 cm³/mol. The number of para-hydroxylation sites is 1. The number of nitrogens with one attached hydrogen (secondary N) is 1. The molecule has 21 heavy (non-hydrogen) atoms. The van der Waals surface area contributed by atoms with Crippen molar-refractivity contribution in [2.45, 2.75) is 53.4 Å². The van der Waals surface area contributed by atoms with Crippen molar-refractivity contribution in [2.75, 3.05) is 11.9 Å². The van der Waals surface area contributed by atoms with Crippen LogP contribution in [0.1, 0.15) is 51.7 Å². The molecule has 1 aromatic carbocycles. The summed E-state index contributed by atoms with van der Waals surface area (Å²) in [4.78, 5) is 0. The van der Waals surface area contributed by atoms with Crippen LogP contribution in [0.15, 0.2) is 23.4 Å². The molecule has 0 saturated heterocycles. The number of rotatable bonds is 8. The van der Waals surface area contributed by atoms with E-state index in [1.54, 1.807) is 0 Å². The minimum Gasteiger partial charge on any atom is -0.409 e. The van der Waals surface area contributed by atoms with E-state index in [1.165, 1.54) is 16.8 Å². The van der Waals surface area contributed by atoms with Crippen LogP contribution >= 0.6 is 0 Å². The van der Waals surface area contributed by atoms with Gasteiger partial charge in [-0.2, -0.15) is 0 Å². The van der Waals surface area contributed by atoms with Crippen LogP contribution in [0.25, 0.3) is 0 Å². The topological polar surface area (TPSA) is 70.6 Å². The van der Waals surface area contributed by atoms with Gasteiger partial charge in [0.25, 0.3) is 0 Å². The molecule has 0 aliphatic heterocycles. The number of anilines is 1. The Bertz CT molecular complexity index is 459. The molecular formula is C17H29N3O. The highest BCUT2D eigenvalue weighted by Crippen LogP contribution is 2.25. The van der Waals surface area contributed by atoms with Crippen molar-refractivity contribution >= 4 is 11.5 Å². The molecule has 0 aliphatic rings. The molecule has 0 atom stereocenters. The zero-order chi connectivity index (χ0) is 15.9. The average molecular weight is 291 g/mol. The zero-order valence-electron chi connectivity index (χ0n) is 13.7. The second-order valence-corrected chi connectivity index (χ2v) is 6.06. The highest BCUT2D eigenvalue weighted by molar-refractivity contribution is 5.85. The maximum absolute atomic E-state index is 8.79. The summed E-state index contributed by atoms with van der Waals surface area (Å²) in [5, 5.41) is 15.5. The summed E-state index contributed by atoms with van der Waals surface area (Å²) >= 11 is 0. The van der Waals surface area contributed by atoms with Gasteiger partial charge in [-0.3, -0.25) is 0 Å². The third-order valence-electron chi connectivity index (χ3n) is 4.08. The highest BCUT2D eigenvalue weighted by Gasteiger charge is 2.22.